The van der Waals surface area contributed by atoms with Crippen molar-refractivity contribution in [3.05, 3.63) is 72.7 Å². The molecule has 0 atom stereocenters. The summed E-state index contributed by atoms with van der Waals surface area (Å²) >= 11 is 0. The molecule has 7 nitrogen and oxygen atoms in total. The molecule has 1 N–H and O–H groups in total. The van der Waals surface area contributed by atoms with Gasteiger partial charge in [-0.3, -0.25) is 14.6 Å². The van der Waals surface area contributed by atoms with E-state index in [9.17, 15) is 9.59 Å². The molecule has 2 aromatic carbocycles. The maximum Gasteiger partial charge on any atom is 0.237 e. The van der Waals surface area contributed by atoms with Crippen molar-refractivity contribution in [1.29, 1.82) is 0 Å². The quantitative estimate of drug-likeness (QED) is 0.390. The van der Waals surface area contributed by atoms with Crippen LogP contribution in [0.5, 0.6) is 17.4 Å². The highest BCUT2D eigenvalue weighted by atomic mass is 16.5. The van der Waals surface area contributed by atoms with Crippen molar-refractivity contribution < 1.29 is 19.1 Å². The summed E-state index contributed by atoms with van der Waals surface area (Å²) in [5.74, 6) is 1.70. The van der Waals surface area contributed by atoms with E-state index in [1.807, 2.05) is 0 Å². The van der Waals surface area contributed by atoms with Crippen LogP contribution in [0, 0.1) is 0 Å². The van der Waals surface area contributed by atoms with Crippen LogP contribution >= 0.6 is 0 Å². The van der Waals surface area contributed by atoms with Gasteiger partial charge < -0.3 is 14.8 Å². The van der Waals surface area contributed by atoms with E-state index in [0.717, 1.165) is 5.75 Å². The van der Waals surface area contributed by atoms with Gasteiger partial charge in [-0.15, -0.1) is 0 Å². The minimum absolute atomic E-state index is 0.0664. The molecule has 0 saturated carbocycles. The van der Waals surface area contributed by atoms with Crippen LogP contribution in [0.3, 0.4) is 0 Å². The number of anilines is 1. The molecule has 7 heteroatoms. The molecule has 0 spiro atoms. The first kappa shape index (κ1) is 21.0. The number of Topliss-reactive ketones (excluding diaryl/α,β-unsaturated/α-hetero) is 1. The van der Waals surface area contributed by atoms with Gasteiger partial charge in [0.15, 0.2) is 5.78 Å². The van der Waals surface area contributed by atoms with Crippen LogP contribution in [0.1, 0.15) is 36.0 Å². The lowest BCUT2D eigenvalue weighted by Crippen LogP contribution is -2.11. The maximum absolute atomic E-state index is 12.2. The molecule has 0 fully saturated rings. The van der Waals surface area contributed by atoms with Crippen molar-refractivity contribution in [2.45, 2.75) is 25.7 Å². The highest BCUT2D eigenvalue weighted by Crippen LogP contribution is 2.21. The lowest BCUT2D eigenvalue weighted by molar-refractivity contribution is -0.116. The van der Waals surface area contributed by atoms with Gasteiger partial charge in [0, 0.05) is 36.5 Å². The fourth-order valence-electron chi connectivity index (χ4n) is 2.78. The van der Waals surface area contributed by atoms with Crippen LogP contribution in [0.15, 0.2) is 67.1 Å². The SMILES string of the molecule is COc1ccc(C(=O)CCCCC(=O)Nc2ccc(Oc3cnccn3)cc2)cc1. The van der Waals surface area contributed by atoms with Crippen LogP contribution < -0.4 is 14.8 Å². The van der Waals surface area contributed by atoms with Crippen LogP contribution in [0.25, 0.3) is 0 Å². The number of nitrogens with one attached hydrogen (secondary N) is 1. The molecular weight excluding hydrogens is 382 g/mol. The van der Waals surface area contributed by atoms with Crippen LogP contribution in [0.4, 0.5) is 5.69 Å². The Morgan fingerprint density at radius 1 is 0.900 bits per heavy atom. The highest BCUT2D eigenvalue weighted by Gasteiger charge is 2.08. The molecule has 30 heavy (non-hydrogen) atoms. The van der Waals surface area contributed by atoms with Crippen molar-refractivity contribution in [2.24, 2.45) is 0 Å². The lowest BCUT2D eigenvalue weighted by Gasteiger charge is -2.07. The number of amides is 1. The Balaban J connectivity index is 1.37. The van der Waals surface area contributed by atoms with Crippen molar-refractivity contribution in [3.8, 4) is 17.4 Å². The third kappa shape index (κ3) is 6.41. The van der Waals surface area contributed by atoms with E-state index < -0.39 is 0 Å². The van der Waals surface area contributed by atoms with E-state index >= 15 is 0 Å². The zero-order valence-electron chi connectivity index (χ0n) is 16.7. The first-order valence-corrected chi connectivity index (χ1v) is 9.65. The fraction of sp³-hybridized carbons (Fsp3) is 0.217. The highest BCUT2D eigenvalue weighted by molar-refractivity contribution is 5.96. The van der Waals surface area contributed by atoms with E-state index in [4.69, 9.17) is 9.47 Å². The Hall–Kier alpha value is -3.74. The summed E-state index contributed by atoms with van der Waals surface area (Å²) in [5.41, 5.74) is 1.34. The Labute approximate surface area is 175 Å². The van der Waals surface area contributed by atoms with Gasteiger partial charge in [0.2, 0.25) is 11.8 Å². The van der Waals surface area contributed by atoms with Gasteiger partial charge in [-0.25, -0.2) is 4.98 Å². The number of benzene rings is 2. The Morgan fingerprint density at radius 2 is 1.60 bits per heavy atom. The van der Waals surface area contributed by atoms with E-state index in [1.165, 1.54) is 6.20 Å². The number of carbonyl (C=O) groups is 2. The van der Waals surface area contributed by atoms with Crippen LogP contribution in [0.2, 0.25) is 0 Å². The summed E-state index contributed by atoms with van der Waals surface area (Å²) in [6, 6.07) is 14.1. The molecule has 0 aliphatic rings. The molecule has 0 unspecified atom stereocenters. The van der Waals surface area contributed by atoms with E-state index in [2.05, 4.69) is 15.3 Å². The molecule has 0 aliphatic carbocycles. The molecule has 1 amide bonds. The second-order valence-corrected chi connectivity index (χ2v) is 6.58. The van der Waals surface area contributed by atoms with E-state index in [-0.39, 0.29) is 11.7 Å². The largest absolute Gasteiger partial charge is 0.497 e. The minimum Gasteiger partial charge on any atom is -0.497 e. The molecule has 1 aromatic heterocycles. The number of carbonyl (C=O) groups excluding carboxylic acids is 2. The molecule has 154 valence electrons. The number of hydrogen-bond acceptors (Lipinski definition) is 6. The smallest absolute Gasteiger partial charge is 0.237 e. The molecular formula is C23H23N3O4. The first-order valence-electron chi connectivity index (χ1n) is 9.65. The Kier molecular flexibility index (Phi) is 7.49. The van der Waals surface area contributed by atoms with Gasteiger partial charge in [0.25, 0.3) is 0 Å². The number of nitrogens with zero attached hydrogens (tertiary/aromatic N) is 2. The van der Waals surface area contributed by atoms with Gasteiger partial charge in [-0.05, 0) is 61.4 Å². The summed E-state index contributed by atoms with van der Waals surface area (Å²) in [4.78, 5) is 32.3. The maximum atomic E-state index is 12.2. The molecule has 3 aromatic rings. The molecule has 0 aliphatic heterocycles. The topological polar surface area (TPSA) is 90.4 Å². The molecule has 0 saturated heterocycles. The fourth-order valence-corrected chi connectivity index (χ4v) is 2.78. The minimum atomic E-state index is -0.0884. The number of unbranched alkanes of at least 4 members (excludes halogenated alkanes) is 1. The first-order chi connectivity index (χ1) is 14.6. The third-order valence-electron chi connectivity index (χ3n) is 4.37. The van der Waals surface area contributed by atoms with Crippen LogP contribution in [-0.4, -0.2) is 28.8 Å². The van der Waals surface area contributed by atoms with Gasteiger partial charge in [-0.1, -0.05) is 0 Å². The number of hydrogen-bond donors (Lipinski definition) is 1. The molecule has 1 heterocycles. The van der Waals surface area contributed by atoms with Crippen LogP contribution in [-0.2, 0) is 4.79 Å². The summed E-state index contributed by atoms with van der Waals surface area (Å²) in [5, 5.41) is 2.84. The average Bonchev–Trinajstić information content (AvgIpc) is 2.78. The Bertz CT molecular complexity index is 958. The summed E-state index contributed by atoms with van der Waals surface area (Å²) < 4.78 is 10.7. The number of ketones is 1. The van der Waals surface area contributed by atoms with Crippen molar-refractivity contribution in [3.63, 3.8) is 0 Å². The van der Waals surface area contributed by atoms with E-state index in [1.54, 1.807) is 68.0 Å². The zero-order chi connectivity index (χ0) is 21.2. The summed E-state index contributed by atoms with van der Waals surface area (Å²) in [6.07, 6.45) is 6.70. The number of aromatic nitrogens is 2. The lowest BCUT2D eigenvalue weighted by atomic mass is 10.0. The molecule has 0 bridgehead atoms. The Morgan fingerprint density at radius 3 is 2.27 bits per heavy atom. The summed E-state index contributed by atoms with van der Waals surface area (Å²) in [7, 11) is 1.59. The normalized spacial score (nSPS) is 10.3. The third-order valence-corrected chi connectivity index (χ3v) is 4.37. The number of ether oxygens (including phenoxy) is 2. The van der Waals surface area contributed by atoms with Gasteiger partial charge in [0.1, 0.15) is 11.5 Å². The van der Waals surface area contributed by atoms with Gasteiger partial charge in [-0.2, -0.15) is 0 Å². The monoisotopic (exact) mass is 405 g/mol. The second kappa shape index (κ2) is 10.7. The second-order valence-electron chi connectivity index (χ2n) is 6.58. The molecule has 0 radical (unpaired) electrons. The number of rotatable bonds is 10. The van der Waals surface area contributed by atoms with Gasteiger partial charge >= 0.3 is 0 Å². The average molecular weight is 405 g/mol. The zero-order valence-corrected chi connectivity index (χ0v) is 16.7. The van der Waals surface area contributed by atoms with Crippen molar-refractivity contribution in [1.82, 2.24) is 9.97 Å². The number of methoxy groups -OCH3 is 1. The van der Waals surface area contributed by atoms with Crippen molar-refractivity contribution in [2.75, 3.05) is 12.4 Å². The summed E-state index contributed by atoms with van der Waals surface area (Å²) in [6.45, 7) is 0. The predicted octanol–water partition coefficient (Wildman–Crippen LogP) is 4.66. The predicted molar refractivity (Wildman–Crippen MR) is 113 cm³/mol. The standard InChI is InChI=1S/C23H23N3O4/c1-29-19-10-6-17(7-11-19)21(27)4-2-3-5-22(28)26-18-8-12-20(13-9-18)30-23-16-24-14-15-25-23/h6-16H,2-5H2,1H3,(H,26,28). The van der Waals surface area contributed by atoms with Gasteiger partial charge in [0.05, 0.1) is 13.3 Å². The van der Waals surface area contributed by atoms with Crippen molar-refractivity contribution >= 4 is 17.4 Å². The van der Waals surface area contributed by atoms with E-state index in [0.29, 0.717) is 48.6 Å². The molecule has 3 rings (SSSR count).